The van der Waals surface area contributed by atoms with Crippen molar-refractivity contribution in [3.05, 3.63) is 0 Å². The Morgan fingerprint density at radius 1 is 1.64 bits per heavy atom. The number of hydrogen-bond acceptors (Lipinski definition) is 2. The molecule has 0 aromatic rings. The number of amides is 1. The van der Waals surface area contributed by atoms with Crippen molar-refractivity contribution >= 4 is 6.09 Å². The lowest BCUT2D eigenvalue weighted by Crippen LogP contribution is -2.28. The number of carbonyl (C=O) groups excluding carboxylic acids is 1. The normalized spacial score (nSPS) is 16.2. The molecule has 0 unspecified atom stereocenters. The van der Waals surface area contributed by atoms with Gasteiger partial charge in [0.1, 0.15) is 6.10 Å². The molecule has 1 saturated carbocycles. The van der Waals surface area contributed by atoms with Crippen LogP contribution < -0.4 is 0 Å². The Hall–Kier alpha value is -0.730. The minimum Gasteiger partial charge on any atom is -0.446 e. The molecule has 0 heterocycles. The predicted octanol–water partition coefficient (Wildman–Crippen LogP) is 1.63. The maximum Gasteiger partial charge on any atom is 0.409 e. The van der Waals surface area contributed by atoms with Crippen LogP contribution in [0, 0.1) is 0 Å². The molecule has 0 spiro atoms. The lowest BCUT2D eigenvalue weighted by Gasteiger charge is -2.15. The first kappa shape index (κ1) is 8.37. The zero-order valence-corrected chi connectivity index (χ0v) is 7.17. The van der Waals surface area contributed by atoms with E-state index in [2.05, 4.69) is 0 Å². The second kappa shape index (κ2) is 3.60. The van der Waals surface area contributed by atoms with E-state index in [0.29, 0.717) is 0 Å². The van der Waals surface area contributed by atoms with Gasteiger partial charge in [0.25, 0.3) is 0 Å². The second-order valence-electron chi connectivity index (χ2n) is 3.00. The molecule has 11 heavy (non-hydrogen) atoms. The quantitative estimate of drug-likeness (QED) is 0.623. The van der Waals surface area contributed by atoms with Crippen molar-refractivity contribution in [2.24, 2.45) is 0 Å². The fraction of sp³-hybridized carbons (Fsp3) is 0.875. The molecule has 0 atom stereocenters. The molecule has 0 bridgehead atoms. The SMILES string of the molecule is CCCN(C)C(=O)OC1CC1. The van der Waals surface area contributed by atoms with E-state index in [1.165, 1.54) is 0 Å². The average molecular weight is 157 g/mol. The Bertz CT molecular complexity index is 143. The van der Waals surface area contributed by atoms with Crippen molar-refractivity contribution in [2.45, 2.75) is 32.3 Å². The Labute approximate surface area is 67.3 Å². The molecule has 0 aromatic carbocycles. The van der Waals surface area contributed by atoms with Crippen LogP contribution in [0.3, 0.4) is 0 Å². The highest BCUT2D eigenvalue weighted by atomic mass is 16.6. The first-order valence-corrected chi connectivity index (χ1v) is 4.15. The predicted molar refractivity (Wildman–Crippen MR) is 42.4 cm³/mol. The molecule has 3 nitrogen and oxygen atoms in total. The van der Waals surface area contributed by atoms with Crippen LogP contribution in [-0.4, -0.2) is 30.7 Å². The highest BCUT2D eigenvalue weighted by Gasteiger charge is 2.26. The first-order valence-electron chi connectivity index (χ1n) is 4.15. The van der Waals surface area contributed by atoms with E-state index in [9.17, 15) is 4.79 Å². The van der Waals surface area contributed by atoms with Crippen LogP contribution in [0.1, 0.15) is 26.2 Å². The summed E-state index contributed by atoms with van der Waals surface area (Å²) in [5, 5.41) is 0. The van der Waals surface area contributed by atoms with Gasteiger partial charge in [-0.05, 0) is 19.3 Å². The van der Waals surface area contributed by atoms with Crippen molar-refractivity contribution < 1.29 is 9.53 Å². The van der Waals surface area contributed by atoms with Crippen LogP contribution in [0.2, 0.25) is 0 Å². The van der Waals surface area contributed by atoms with E-state index in [1.54, 1.807) is 11.9 Å². The molecule has 0 N–H and O–H groups in total. The number of carbonyl (C=O) groups is 1. The molecule has 1 aliphatic carbocycles. The van der Waals surface area contributed by atoms with Crippen LogP contribution in [-0.2, 0) is 4.74 Å². The maximum atomic E-state index is 11.1. The number of nitrogens with zero attached hydrogens (tertiary/aromatic N) is 1. The smallest absolute Gasteiger partial charge is 0.409 e. The molecule has 1 fully saturated rings. The molecule has 0 aromatic heterocycles. The van der Waals surface area contributed by atoms with Gasteiger partial charge in [-0.25, -0.2) is 4.79 Å². The van der Waals surface area contributed by atoms with E-state index in [4.69, 9.17) is 4.74 Å². The first-order chi connectivity index (χ1) is 5.24. The third kappa shape index (κ3) is 2.78. The summed E-state index contributed by atoms with van der Waals surface area (Å²) in [7, 11) is 1.77. The summed E-state index contributed by atoms with van der Waals surface area (Å²) in [4.78, 5) is 12.7. The maximum absolute atomic E-state index is 11.1. The molecule has 1 aliphatic rings. The van der Waals surface area contributed by atoms with Gasteiger partial charge < -0.3 is 9.64 Å². The van der Waals surface area contributed by atoms with Gasteiger partial charge in [0.15, 0.2) is 0 Å². The molecule has 0 radical (unpaired) electrons. The van der Waals surface area contributed by atoms with Crippen LogP contribution in [0.25, 0.3) is 0 Å². The highest BCUT2D eigenvalue weighted by molar-refractivity contribution is 5.67. The van der Waals surface area contributed by atoms with Crippen molar-refractivity contribution in [1.29, 1.82) is 0 Å². The van der Waals surface area contributed by atoms with Crippen molar-refractivity contribution in [2.75, 3.05) is 13.6 Å². The standard InChI is InChI=1S/C8H15NO2/c1-3-6-9(2)8(10)11-7-4-5-7/h7H,3-6H2,1-2H3. The fourth-order valence-electron chi connectivity index (χ4n) is 0.845. The summed E-state index contributed by atoms with van der Waals surface area (Å²) in [6.45, 7) is 2.83. The summed E-state index contributed by atoms with van der Waals surface area (Å²) < 4.78 is 5.06. The molecule has 1 rings (SSSR count). The third-order valence-corrected chi connectivity index (χ3v) is 1.66. The van der Waals surface area contributed by atoms with Crippen LogP contribution in [0.4, 0.5) is 4.79 Å². The Morgan fingerprint density at radius 2 is 2.27 bits per heavy atom. The van der Waals surface area contributed by atoms with Gasteiger partial charge in [-0.2, -0.15) is 0 Å². The van der Waals surface area contributed by atoms with Crippen LogP contribution in [0.5, 0.6) is 0 Å². The lowest BCUT2D eigenvalue weighted by molar-refractivity contribution is 0.104. The minimum absolute atomic E-state index is 0.172. The summed E-state index contributed by atoms with van der Waals surface area (Å²) in [6.07, 6.45) is 3.13. The summed E-state index contributed by atoms with van der Waals surface area (Å²) >= 11 is 0. The third-order valence-electron chi connectivity index (χ3n) is 1.66. The number of rotatable bonds is 3. The molecule has 0 aliphatic heterocycles. The number of ether oxygens (including phenoxy) is 1. The van der Waals surface area contributed by atoms with Crippen LogP contribution >= 0.6 is 0 Å². The topological polar surface area (TPSA) is 29.5 Å². The van der Waals surface area contributed by atoms with Gasteiger partial charge in [-0.3, -0.25) is 0 Å². The van der Waals surface area contributed by atoms with E-state index >= 15 is 0 Å². The van der Waals surface area contributed by atoms with Gasteiger partial charge in [0.05, 0.1) is 0 Å². The van der Waals surface area contributed by atoms with Gasteiger partial charge in [0, 0.05) is 13.6 Å². The second-order valence-corrected chi connectivity index (χ2v) is 3.00. The molecular formula is C8H15NO2. The van der Waals surface area contributed by atoms with Gasteiger partial charge in [-0.15, -0.1) is 0 Å². The Morgan fingerprint density at radius 3 is 2.73 bits per heavy atom. The van der Waals surface area contributed by atoms with E-state index in [-0.39, 0.29) is 12.2 Å². The molecule has 3 heteroatoms. The largest absolute Gasteiger partial charge is 0.446 e. The molecule has 1 amide bonds. The summed E-state index contributed by atoms with van der Waals surface area (Å²) in [5.74, 6) is 0. The summed E-state index contributed by atoms with van der Waals surface area (Å²) in [5.41, 5.74) is 0. The monoisotopic (exact) mass is 157 g/mol. The minimum atomic E-state index is -0.172. The van der Waals surface area contributed by atoms with E-state index in [1.807, 2.05) is 6.92 Å². The van der Waals surface area contributed by atoms with E-state index in [0.717, 1.165) is 25.8 Å². The Balaban J connectivity index is 2.15. The average Bonchev–Trinajstić information content (AvgIpc) is 2.72. The summed E-state index contributed by atoms with van der Waals surface area (Å²) in [6, 6.07) is 0. The number of hydrogen-bond donors (Lipinski definition) is 0. The van der Waals surface area contributed by atoms with E-state index < -0.39 is 0 Å². The highest BCUT2D eigenvalue weighted by Crippen LogP contribution is 2.23. The molecule has 0 saturated heterocycles. The zero-order valence-electron chi connectivity index (χ0n) is 7.17. The Kier molecular flexibility index (Phi) is 2.74. The van der Waals surface area contributed by atoms with Gasteiger partial charge >= 0.3 is 6.09 Å². The molecule has 64 valence electrons. The lowest BCUT2D eigenvalue weighted by atomic mass is 10.5. The van der Waals surface area contributed by atoms with Crippen molar-refractivity contribution in [1.82, 2.24) is 4.90 Å². The van der Waals surface area contributed by atoms with Crippen molar-refractivity contribution in [3.63, 3.8) is 0 Å². The van der Waals surface area contributed by atoms with Crippen LogP contribution in [0.15, 0.2) is 0 Å². The fourth-order valence-corrected chi connectivity index (χ4v) is 0.845. The van der Waals surface area contributed by atoms with Crippen molar-refractivity contribution in [3.8, 4) is 0 Å². The zero-order chi connectivity index (χ0) is 8.27. The molecular weight excluding hydrogens is 142 g/mol. The van der Waals surface area contributed by atoms with Gasteiger partial charge in [0.2, 0.25) is 0 Å². The van der Waals surface area contributed by atoms with Gasteiger partial charge in [-0.1, -0.05) is 6.92 Å².